The second kappa shape index (κ2) is 6.62. The smallest absolute Gasteiger partial charge is 0.336 e. The lowest BCUT2D eigenvalue weighted by molar-refractivity contribution is -0.152. The molecule has 0 aliphatic rings. The van der Waals surface area contributed by atoms with Crippen LogP contribution < -0.4 is 5.32 Å². The van der Waals surface area contributed by atoms with Gasteiger partial charge in [0.2, 0.25) is 5.91 Å². The summed E-state index contributed by atoms with van der Waals surface area (Å²) < 4.78 is 36.7. The predicted octanol–water partition coefficient (Wildman–Crippen LogP) is 1.50. The van der Waals surface area contributed by atoms with Crippen LogP contribution in [0.2, 0.25) is 0 Å². The molecule has 7 heteroatoms. The van der Waals surface area contributed by atoms with E-state index in [1.165, 1.54) is 21.0 Å². The monoisotopic (exact) mass is 301 g/mol. The zero-order valence-electron chi connectivity index (χ0n) is 12.2. The van der Waals surface area contributed by atoms with Crippen LogP contribution in [0.15, 0.2) is 18.2 Å². The summed E-state index contributed by atoms with van der Waals surface area (Å²) in [5.41, 5.74) is -2.20. The van der Waals surface area contributed by atoms with Crippen LogP contribution in [-0.4, -0.2) is 32.2 Å². The first-order chi connectivity index (χ1) is 9.76. The maximum atomic E-state index is 13.9. The molecule has 0 fully saturated rings. The molecule has 0 saturated heterocycles. The molecular formula is C14H17F2NO4. The molecule has 1 rings (SSSR count). The largest absolute Gasteiger partial charge is 0.467 e. The normalized spacial score (nSPS) is 15.0. The van der Waals surface area contributed by atoms with Crippen molar-refractivity contribution in [3.05, 3.63) is 35.4 Å². The second-order valence-electron chi connectivity index (χ2n) is 4.61. The van der Waals surface area contributed by atoms with E-state index in [4.69, 9.17) is 4.74 Å². The van der Waals surface area contributed by atoms with Crippen molar-refractivity contribution in [2.75, 3.05) is 14.2 Å². The summed E-state index contributed by atoms with van der Waals surface area (Å²) in [7, 11) is 2.40. The average molecular weight is 301 g/mol. The first-order valence-electron chi connectivity index (χ1n) is 6.15. The lowest BCUT2D eigenvalue weighted by Gasteiger charge is -2.29. The zero-order chi connectivity index (χ0) is 16.2. The van der Waals surface area contributed by atoms with Gasteiger partial charge in [0, 0.05) is 12.7 Å². The van der Waals surface area contributed by atoms with Crippen molar-refractivity contribution < 1.29 is 27.8 Å². The molecule has 0 aliphatic carbocycles. The minimum atomic E-state index is -1.87. The lowest BCUT2D eigenvalue weighted by atomic mass is 9.91. The summed E-state index contributed by atoms with van der Waals surface area (Å²) >= 11 is 0. The van der Waals surface area contributed by atoms with Crippen molar-refractivity contribution in [2.24, 2.45) is 0 Å². The van der Waals surface area contributed by atoms with Crippen LogP contribution in [0.4, 0.5) is 8.78 Å². The van der Waals surface area contributed by atoms with Gasteiger partial charge in [0.15, 0.2) is 5.54 Å². The minimum Gasteiger partial charge on any atom is -0.467 e. The summed E-state index contributed by atoms with van der Waals surface area (Å²) in [5.74, 6) is -3.16. The number of halogens is 2. The van der Waals surface area contributed by atoms with Gasteiger partial charge in [-0.1, -0.05) is 0 Å². The molecule has 0 spiro atoms. The van der Waals surface area contributed by atoms with E-state index in [2.05, 4.69) is 10.1 Å². The van der Waals surface area contributed by atoms with E-state index >= 15 is 0 Å². The molecule has 2 atom stereocenters. The van der Waals surface area contributed by atoms with Gasteiger partial charge in [-0.05, 0) is 32.0 Å². The van der Waals surface area contributed by atoms with Crippen molar-refractivity contribution in [2.45, 2.75) is 25.5 Å². The van der Waals surface area contributed by atoms with E-state index in [0.717, 1.165) is 25.3 Å². The van der Waals surface area contributed by atoms with E-state index in [1.54, 1.807) is 0 Å². The van der Waals surface area contributed by atoms with Crippen molar-refractivity contribution in [1.82, 2.24) is 5.32 Å². The highest BCUT2D eigenvalue weighted by Crippen LogP contribution is 2.26. The van der Waals surface area contributed by atoms with Crippen LogP contribution in [0.25, 0.3) is 0 Å². The molecule has 1 aromatic carbocycles. The highest BCUT2D eigenvalue weighted by atomic mass is 19.1. The number of ether oxygens (including phenoxy) is 2. The van der Waals surface area contributed by atoms with Crippen LogP contribution in [0.5, 0.6) is 0 Å². The number of methoxy groups -OCH3 is 2. The van der Waals surface area contributed by atoms with E-state index in [-0.39, 0.29) is 5.56 Å². The van der Waals surface area contributed by atoms with Gasteiger partial charge in [-0.15, -0.1) is 0 Å². The molecule has 5 nitrogen and oxygen atoms in total. The van der Waals surface area contributed by atoms with E-state index in [9.17, 15) is 18.4 Å². The van der Waals surface area contributed by atoms with Crippen LogP contribution in [-0.2, 0) is 24.6 Å². The Morgan fingerprint density at radius 2 is 1.90 bits per heavy atom. The van der Waals surface area contributed by atoms with E-state index < -0.39 is 35.2 Å². The molecule has 0 aromatic heterocycles. The van der Waals surface area contributed by atoms with Crippen LogP contribution in [0.3, 0.4) is 0 Å². The first-order valence-corrected chi connectivity index (χ1v) is 6.15. The SMILES string of the molecule is COC(=O)[C@@](C)(NC(=O)[C@H](C)OC)c1cc(F)ccc1F. The third-order valence-electron chi connectivity index (χ3n) is 3.16. The Kier molecular flexibility index (Phi) is 5.37. The maximum absolute atomic E-state index is 13.9. The van der Waals surface area contributed by atoms with Gasteiger partial charge in [0.1, 0.15) is 17.7 Å². The van der Waals surface area contributed by atoms with E-state index in [0.29, 0.717) is 0 Å². The van der Waals surface area contributed by atoms with Crippen molar-refractivity contribution in [3.63, 3.8) is 0 Å². The minimum absolute atomic E-state index is 0.328. The summed E-state index contributed by atoms with van der Waals surface area (Å²) in [6.07, 6.45) is -0.870. The number of carbonyl (C=O) groups excluding carboxylic acids is 2. The number of amides is 1. The zero-order valence-corrected chi connectivity index (χ0v) is 12.2. The molecule has 0 unspecified atom stereocenters. The van der Waals surface area contributed by atoms with Crippen LogP contribution in [0, 0.1) is 11.6 Å². The van der Waals surface area contributed by atoms with Crippen LogP contribution >= 0.6 is 0 Å². The predicted molar refractivity (Wildman–Crippen MR) is 70.3 cm³/mol. The lowest BCUT2D eigenvalue weighted by Crippen LogP contribution is -2.53. The van der Waals surface area contributed by atoms with Gasteiger partial charge in [-0.2, -0.15) is 0 Å². The molecule has 0 saturated carbocycles. The molecular weight excluding hydrogens is 284 g/mol. The molecule has 0 radical (unpaired) electrons. The number of nitrogens with one attached hydrogen (secondary N) is 1. The fraction of sp³-hybridized carbons (Fsp3) is 0.429. The number of benzene rings is 1. The maximum Gasteiger partial charge on any atom is 0.336 e. The molecule has 0 aliphatic heterocycles. The quantitative estimate of drug-likeness (QED) is 0.837. The Morgan fingerprint density at radius 1 is 1.29 bits per heavy atom. The number of rotatable bonds is 5. The number of esters is 1. The Labute approximate surface area is 121 Å². The fourth-order valence-corrected chi connectivity index (χ4v) is 1.77. The van der Waals surface area contributed by atoms with Crippen molar-refractivity contribution in [3.8, 4) is 0 Å². The summed E-state index contributed by atoms with van der Waals surface area (Å²) in [6.45, 7) is 2.69. The molecule has 21 heavy (non-hydrogen) atoms. The average Bonchev–Trinajstić information content (AvgIpc) is 2.47. The first kappa shape index (κ1) is 17.0. The Morgan fingerprint density at radius 3 is 2.43 bits per heavy atom. The molecule has 1 amide bonds. The Hall–Kier alpha value is -2.02. The molecule has 0 heterocycles. The Balaban J connectivity index is 3.30. The third kappa shape index (κ3) is 3.55. The molecule has 1 N–H and O–H groups in total. The Bertz CT molecular complexity index is 550. The second-order valence-corrected chi connectivity index (χ2v) is 4.61. The van der Waals surface area contributed by atoms with Gasteiger partial charge < -0.3 is 14.8 Å². The topological polar surface area (TPSA) is 64.6 Å². The van der Waals surface area contributed by atoms with Gasteiger partial charge in [0.05, 0.1) is 7.11 Å². The highest BCUT2D eigenvalue weighted by molar-refractivity contribution is 5.90. The van der Waals surface area contributed by atoms with Gasteiger partial charge in [-0.25, -0.2) is 13.6 Å². The fourth-order valence-electron chi connectivity index (χ4n) is 1.77. The van der Waals surface area contributed by atoms with Gasteiger partial charge in [-0.3, -0.25) is 4.79 Å². The standard InChI is InChI=1S/C14H17F2NO4/c1-8(20-3)12(18)17-14(2,13(19)21-4)10-7-9(15)5-6-11(10)16/h5-8H,1-4H3,(H,17,18)/t8-,14-/m0/s1. The van der Waals surface area contributed by atoms with E-state index in [1.807, 2.05) is 0 Å². The molecule has 116 valence electrons. The van der Waals surface area contributed by atoms with Gasteiger partial charge >= 0.3 is 5.97 Å². The number of carbonyl (C=O) groups is 2. The third-order valence-corrected chi connectivity index (χ3v) is 3.16. The summed E-state index contributed by atoms with van der Waals surface area (Å²) in [5, 5.41) is 2.33. The number of hydrogen-bond acceptors (Lipinski definition) is 4. The summed E-state index contributed by atoms with van der Waals surface area (Å²) in [4.78, 5) is 23.9. The van der Waals surface area contributed by atoms with Gasteiger partial charge in [0.25, 0.3) is 0 Å². The van der Waals surface area contributed by atoms with Crippen molar-refractivity contribution in [1.29, 1.82) is 0 Å². The number of hydrogen-bond donors (Lipinski definition) is 1. The van der Waals surface area contributed by atoms with Crippen LogP contribution in [0.1, 0.15) is 19.4 Å². The molecule has 0 bridgehead atoms. The molecule has 1 aromatic rings. The highest BCUT2D eigenvalue weighted by Gasteiger charge is 2.41. The van der Waals surface area contributed by atoms with Crippen molar-refractivity contribution >= 4 is 11.9 Å². The summed E-state index contributed by atoms with van der Waals surface area (Å²) in [6, 6.07) is 2.62.